The van der Waals surface area contributed by atoms with E-state index in [1.807, 2.05) is 4.90 Å². The molecule has 0 bridgehead atoms. The number of hydrogen-bond donors (Lipinski definition) is 2. The molecule has 1 amide bonds. The Labute approximate surface area is 148 Å². The van der Waals surface area contributed by atoms with E-state index < -0.39 is 6.10 Å². The minimum Gasteiger partial charge on any atom is -0.378 e. The van der Waals surface area contributed by atoms with Crippen LogP contribution in [0.2, 0.25) is 5.02 Å². The number of carbonyl (C=O) groups is 1. The first kappa shape index (κ1) is 17.7. The van der Waals surface area contributed by atoms with Crippen molar-refractivity contribution in [2.24, 2.45) is 0 Å². The fraction of sp³-hybridized carbons (Fsp3) is 0.611. The molecule has 1 spiro atoms. The van der Waals surface area contributed by atoms with E-state index in [9.17, 15) is 9.90 Å². The van der Waals surface area contributed by atoms with Crippen LogP contribution >= 0.6 is 11.6 Å². The zero-order valence-electron chi connectivity index (χ0n) is 14.2. The normalized spacial score (nSPS) is 23.0. The summed E-state index contributed by atoms with van der Waals surface area (Å²) in [5.74, 6) is -0.240. The Morgan fingerprint density at radius 3 is 2.71 bits per heavy atom. The number of benzene rings is 1. The van der Waals surface area contributed by atoms with E-state index in [-0.39, 0.29) is 11.4 Å². The molecule has 2 aliphatic heterocycles. The lowest BCUT2D eigenvalue weighted by Crippen LogP contribution is -2.58. The summed E-state index contributed by atoms with van der Waals surface area (Å²) >= 11 is 6.15. The molecule has 0 aromatic heterocycles. The van der Waals surface area contributed by atoms with Gasteiger partial charge in [0.25, 0.3) is 5.91 Å². The Bertz CT molecular complexity index is 589. The topological polar surface area (TPSA) is 55.8 Å². The van der Waals surface area contributed by atoms with Crippen molar-refractivity contribution >= 4 is 17.5 Å². The van der Waals surface area contributed by atoms with Crippen LogP contribution < -0.4 is 5.32 Å². The molecule has 5 nitrogen and oxygen atoms in total. The largest absolute Gasteiger partial charge is 0.378 e. The van der Waals surface area contributed by atoms with Gasteiger partial charge in [0.2, 0.25) is 0 Å². The highest BCUT2D eigenvalue weighted by atomic mass is 35.5. The first-order valence-electron chi connectivity index (χ1n) is 8.67. The molecule has 1 aromatic carbocycles. The average Bonchev–Trinajstić information content (AvgIpc) is 2.75. The summed E-state index contributed by atoms with van der Waals surface area (Å²) < 4.78 is 0. The third-order valence-electron chi connectivity index (χ3n) is 5.50. The van der Waals surface area contributed by atoms with E-state index in [1.54, 1.807) is 24.3 Å². The Morgan fingerprint density at radius 1 is 1.29 bits per heavy atom. The maximum absolute atomic E-state index is 12.9. The molecule has 1 aromatic rings. The van der Waals surface area contributed by atoms with Crippen LogP contribution in [0.15, 0.2) is 24.3 Å². The third kappa shape index (κ3) is 3.45. The number of amides is 1. The number of aliphatic hydroxyl groups excluding tert-OH is 1. The lowest BCUT2D eigenvalue weighted by molar-refractivity contribution is -0.142. The standard InChI is InChI=1S/C18H26ClN3O2/c1-21-11-4-12-22(13-18(21)7-9-20-10-8-18)17(24)16(23)14-5-2-3-6-15(14)19/h2-3,5-6,16,20,23H,4,7-13H2,1H3/t16-/m0/s1. The van der Waals surface area contributed by atoms with E-state index in [2.05, 4.69) is 17.3 Å². The molecule has 6 heteroatoms. The number of hydrogen-bond acceptors (Lipinski definition) is 4. The Kier molecular flexibility index (Phi) is 5.45. The van der Waals surface area contributed by atoms with Gasteiger partial charge < -0.3 is 15.3 Å². The van der Waals surface area contributed by atoms with Crippen LogP contribution in [0.1, 0.15) is 30.9 Å². The van der Waals surface area contributed by atoms with Gasteiger partial charge in [0.15, 0.2) is 6.10 Å². The number of likely N-dealkylation sites (N-methyl/N-ethyl adjacent to an activating group) is 1. The van der Waals surface area contributed by atoms with E-state index in [4.69, 9.17) is 11.6 Å². The lowest BCUT2D eigenvalue weighted by Gasteiger charge is -2.45. The zero-order valence-corrected chi connectivity index (χ0v) is 14.9. The van der Waals surface area contributed by atoms with E-state index in [1.165, 1.54) is 0 Å². The quantitative estimate of drug-likeness (QED) is 0.851. The monoisotopic (exact) mass is 351 g/mol. The number of nitrogens with one attached hydrogen (secondary N) is 1. The van der Waals surface area contributed by atoms with Crippen molar-refractivity contribution in [2.75, 3.05) is 39.8 Å². The second-order valence-electron chi connectivity index (χ2n) is 6.93. The van der Waals surface area contributed by atoms with Crippen molar-refractivity contribution in [3.05, 3.63) is 34.9 Å². The highest BCUT2D eigenvalue weighted by Crippen LogP contribution is 2.31. The van der Waals surface area contributed by atoms with Gasteiger partial charge in [-0.1, -0.05) is 29.8 Å². The van der Waals surface area contributed by atoms with Crippen molar-refractivity contribution in [3.63, 3.8) is 0 Å². The molecule has 132 valence electrons. The van der Waals surface area contributed by atoms with E-state index >= 15 is 0 Å². The van der Waals surface area contributed by atoms with Gasteiger partial charge in [0.1, 0.15) is 0 Å². The number of carbonyl (C=O) groups excluding carboxylic acids is 1. The maximum atomic E-state index is 12.9. The van der Waals surface area contributed by atoms with Gasteiger partial charge in [-0.3, -0.25) is 9.69 Å². The molecule has 0 unspecified atom stereocenters. The van der Waals surface area contributed by atoms with Gasteiger partial charge in [-0.05, 0) is 45.5 Å². The predicted octanol–water partition coefficient (Wildman–Crippen LogP) is 1.66. The molecular formula is C18H26ClN3O2. The van der Waals surface area contributed by atoms with Crippen molar-refractivity contribution in [1.82, 2.24) is 15.1 Å². The minimum absolute atomic E-state index is 0.0115. The molecule has 2 heterocycles. The van der Waals surface area contributed by atoms with Crippen LogP contribution in [0, 0.1) is 0 Å². The molecule has 2 saturated heterocycles. The molecule has 0 radical (unpaired) electrons. The Hall–Kier alpha value is -1.14. The Morgan fingerprint density at radius 2 is 2.00 bits per heavy atom. The van der Waals surface area contributed by atoms with Gasteiger partial charge in [-0.15, -0.1) is 0 Å². The zero-order chi connectivity index (χ0) is 17.2. The van der Waals surface area contributed by atoms with Crippen LogP contribution in [0.5, 0.6) is 0 Å². The summed E-state index contributed by atoms with van der Waals surface area (Å²) in [4.78, 5) is 17.2. The lowest BCUT2D eigenvalue weighted by atomic mass is 9.86. The molecule has 3 rings (SSSR count). The number of rotatable bonds is 2. The number of piperidine rings is 1. The number of aliphatic hydroxyl groups is 1. The van der Waals surface area contributed by atoms with Crippen molar-refractivity contribution in [1.29, 1.82) is 0 Å². The highest BCUT2D eigenvalue weighted by Gasteiger charge is 2.41. The molecule has 1 atom stereocenters. The number of halogens is 1. The van der Waals surface area contributed by atoms with Crippen molar-refractivity contribution in [2.45, 2.75) is 30.9 Å². The molecule has 0 aliphatic carbocycles. The van der Waals surface area contributed by atoms with Crippen LogP contribution in [0.25, 0.3) is 0 Å². The van der Waals surface area contributed by atoms with Crippen LogP contribution in [0.3, 0.4) is 0 Å². The third-order valence-corrected chi connectivity index (χ3v) is 5.84. The van der Waals surface area contributed by atoms with Crippen LogP contribution in [0.4, 0.5) is 0 Å². The first-order valence-corrected chi connectivity index (χ1v) is 9.04. The smallest absolute Gasteiger partial charge is 0.256 e. The molecule has 0 saturated carbocycles. The summed E-state index contributed by atoms with van der Waals surface area (Å²) in [6.45, 7) is 4.27. The van der Waals surface area contributed by atoms with E-state index in [0.717, 1.165) is 38.9 Å². The van der Waals surface area contributed by atoms with Gasteiger partial charge in [-0.25, -0.2) is 0 Å². The molecular weight excluding hydrogens is 326 g/mol. The van der Waals surface area contributed by atoms with Gasteiger partial charge in [-0.2, -0.15) is 0 Å². The summed E-state index contributed by atoms with van der Waals surface area (Å²) in [7, 11) is 2.16. The second kappa shape index (κ2) is 7.40. The number of nitrogens with zero attached hydrogens (tertiary/aromatic N) is 2. The molecule has 24 heavy (non-hydrogen) atoms. The van der Waals surface area contributed by atoms with Gasteiger partial charge in [0.05, 0.1) is 0 Å². The maximum Gasteiger partial charge on any atom is 0.256 e. The van der Waals surface area contributed by atoms with Gasteiger partial charge in [0, 0.05) is 35.8 Å². The van der Waals surface area contributed by atoms with Crippen LogP contribution in [-0.2, 0) is 4.79 Å². The Balaban J connectivity index is 1.80. The van der Waals surface area contributed by atoms with Crippen molar-refractivity contribution in [3.8, 4) is 0 Å². The van der Waals surface area contributed by atoms with E-state index in [0.29, 0.717) is 23.7 Å². The highest BCUT2D eigenvalue weighted by molar-refractivity contribution is 6.31. The fourth-order valence-corrected chi connectivity index (χ4v) is 4.15. The second-order valence-corrected chi connectivity index (χ2v) is 7.34. The summed E-state index contributed by atoms with van der Waals surface area (Å²) in [6, 6.07) is 7.02. The molecule has 2 fully saturated rings. The summed E-state index contributed by atoms with van der Waals surface area (Å²) in [6.07, 6.45) is 1.78. The fourth-order valence-electron chi connectivity index (χ4n) is 3.91. The summed E-state index contributed by atoms with van der Waals surface area (Å²) in [5, 5.41) is 14.4. The summed E-state index contributed by atoms with van der Waals surface area (Å²) in [5.41, 5.74) is 0.499. The molecule has 2 aliphatic rings. The first-order chi connectivity index (χ1) is 11.5. The predicted molar refractivity (Wildman–Crippen MR) is 95.1 cm³/mol. The SMILES string of the molecule is CN1CCCN(C(=O)[C@@H](O)c2ccccc2Cl)CC12CCNCC2. The minimum atomic E-state index is -1.19. The van der Waals surface area contributed by atoms with Crippen LogP contribution in [-0.4, -0.2) is 66.1 Å². The molecule has 2 N–H and O–H groups in total. The van der Waals surface area contributed by atoms with Gasteiger partial charge >= 0.3 is 0 Å². The average molecular weight is 352 g/mol. The van der Waals surface area contributed by atoms with Crippen molar-refractivity contribution < 1.29 is 9.90 Å².